The van der Waals surface area contributed by atoms with Crippen LogP contribution in [0.1, 0.15) is 5.56 Å². The average molecular weight is 491 g/mol. The molecule has 0 radical (unpaired) electrons. The van der Waals surface area contributed by atoms with E-state index in [0.717, 1.165) is 36.9 Å². The van der Waals surface area contributed by atoms with Gasteiger partial charge in [-0.05, 0) is 42.0 Å². The molecule has 3 N–H and O–H groups in total. The Morgan fingerprint density at radius 1 is 1.12 bits per heavy atom. The molecule has 5 nitrogen and oxygen atoms in total. The summed E-state index contributed by atoms with van der Waals surface area (Å²) in [5, 5.41) is 9.93. The minimum Gasteiger partial charge on any atom is -0.505 e. The van der Waals surface area contributed by atoms with Crippen LogP contribution in [0.2, 0.25) is 5.02 Å². The van der Waals surface area contributed by atoms with E-state index in [0.29, 0.717) is 11.5 Å². The molecule has 1 fully saturated rings. The lowest BCUT2D eigenvalue weighted by atomic mass is 10.2. The number of benzene rings is 2. The van der Waals surface area contributed by atoms with Gasteiger partial charge in [0, 0.05) is 36.9 Å². The van der Waals surface area contributed by atoms with E-state index in [4.69, 9.17) is 17.3 Å². The SMILES string of the molecule is I.NC(=NCc1ccc(O)c(F)c1)N1CCN(c2ccc(Cl)cc2)CC1. The summed E-state index contributed by atoms with van der Waals surface area (Å²) in [6, 6.07) is 12.0. The molecule has 0 bridgehead atoms. The third kappa shape index (κ3) is 5.14. The van der Waals surface area contributed by atoms with Crippen LogP contribution in [0.25, 0.3) is 0 Å². The number of guanidine groups is 1. The molecule has 0 unspecified atom stereocenters. The topological polar surface area (TPSA) is 65.1 Å². The molecule has 2 aromatic rings. The van der Waals surface area contributed by atoms with Crippen molar-refractivity contribution in [2.45, 2.75) is 6.54 Å². The maximum Gasteiger partial charge on any atom is 0.191 e. The van der Waals surface area contributed by atoms with Crippen LogP contribution in [-0.2, 0) is 6.54 Å². The zero-order valence-corrected chi connectivity index (χ0v) is 17.2. The Hall–Kier alpha value is -1.74. The molecule has 0 aliphatic carbocycles. The van der Waals surface area contributed by atoms with Gasteiger partial charge in [0.2, 0.25) is 0 Å². The fraction of sp³-hybridized carbons (Fsp3) is 0.278. The Morgan fingerprint density at radius 2 is 1.77 bits per heavy atom. The fourth-order valence-electron chi connectivity index (χ4n) is 2.77. The van der Waals surface area contributed by atoms with Gasteiger partial charge in [-0.2, -0.15) is 0 Å². The standard InChI is InChI=1S/C18H20ClFN4O.HI/c19-14-2-4-15(5-3-14)23-7-9-24(10-8-23)18(21)22-12-13-1-6-17(25)16(20)11-13;/h1-6,11,25H,7-10,12H2,(H2,21,22);1H. The number of hydrogen-bond acceptors (Lipinski definition) is 3. The Bertz CT molecular complexity index is 764. The number of nitrogens with zero attached hydrogens (tertiary/aromatic N) is 3. The van der Waals surface area contributed by atoms with Crippen LogP contribution in [0.15, 0.2) is 47.5 Å². The molecular weight excluding hydrogens is 470 g/mol. The van der Waals surface area contributed by atoms with Gasteiger partial charge in [-0.25, -0.2) is 9.38 Å². The summed E-state index contributed by atoms with van der Waals surface area (Å²) in [4.78, 5) is 8.62. The third-order valence-electron chi connectivity index (χ3n) is 4.23. The van der Waals surface area contributed by atoms with Gasteiger partial charge in [-0.15, -0.1) is 24.0 Å². The van der Waals surface area contributed by atoms with Crippen molar-refractivity contribution in [3.63, 3.8) is 0 Å². The van der Waals surface area contributed by atoms with Crippen molar-refractivity contribution in [3.05, 3.63) is 58.9 Å². The first kappa shape index (κ1) is 20.6. The minimum absolute atomic E-state index is 0. The summed E-state index contributed by atoms with van der Waals surface area (Å²) in [5.74, 6) is -0.564. The summed E-state index contributed by atoms with van der Waals surface area (Å²) in [6.07, 6.45) is 0. The maximum absolute atomic E-state index is 13.3. The third-order valence-corrected chi connectivity index (χ3v) is 4.48. The fourth-order valence-corrected chi connectivity index (χ4v) is 2.89. The highest BCUT2D eigenvalue weighted by atomic mass is 127. The number of hydrogen-bond donors (Lipinski definition) is 2. The average Bonchev–Trinajstić information content (AvgIpc) is 2.63. The van der Waals surface area contributed by atoms with Gasteiger partial charge in [-0.3, -0.25) is 0 Å². The van der Waals surface area contributed by atoms with E-state index in [-0.39, 0.29) is 36.3 Å². The van der Waals surface area contributed by atoms with Crippen molar-refractivity contribution in [2.24, 2.45) is 10.7 Å². The van der Waals surface area contributed by atoms with Gasteiger partial charge in [0.05, 0.1) is 6.54 Å². The van der Waals surface area contributed by atoms with E-state index in [2.05, 4.69) is 9.89 Å². The summed E-state index contributed by atoms with van der Waals surface area (Å²) < 4.78 is 13.3. The van der Waals surface area contributed by atoms with E-state index in [1.807, 2.05) is 29.2 Å². The number of anilines is 1. The molecule has 140 valence electrons. The van der Waals surface area contributed by atoms with Crippen LogP contribution in [0.5, 0.6) is 5.75 Å². The minimum atomic E-state index is -0.650. The smallest absolute Gasteiger partial charge is 0.191 e. The largest absolute Gasteiger partial charge is 0.505 e. The number of aromatic hydroxyl groups is 1. The Balaban J connectivity index is 0.00000243. The molecule has 0 atom stereocenters. The lowest BCUT2D eigenvalue weighted by Gasteiger charge is -2.36. The van der Waals surface area contributed by atoms with Crippen molar-refractivity contribution in [3.8, 4) is 5.75 Å². The predicted molar refractivity (Wildman–Crippen MR) is 114 cm³/mol. The first-order valence-electron chi connectivity index (χ1n) is 8.06. The first-order chi connectivity index (χ1) is 12.0. The molecule has 8 heteroatoms. The second-order valence-electron chi connectivity index (χ2n) is 5.91. The van der Waals surface area contributed by atoms with Crippen molar-refractivity contribution < 1.29 is 9.50 Å². The molecular formula is C18H21ClFIN4O. The number of halogens is 3. The quantitative estimate of drug-likeness (QED) is 0.393. The van der Waals surface area contributed by atoms with Gasteiger partial charge in [-0.1, -0.05) is 17.7 Å². The van der Waals surface area contributed by atoms with Crippen LogP contribution in [0.3, 0.4) is 0 Å². The van der Waals surface area contributed by atoms with Crippen molar-refractivity contribution >= 4 is 47.2 Å². The summed E-state index contributed by atoms with van der Waals surface area (Å²) in [5.41, 5.74) is 7.87. The number of aliphatic imine (C=N–C) groups is 1. The lowest BCUT2D eigenvalue weighted by Crippen LogP contribution is -2.51. The second-order valence-corrected chi connectivity index (χ2v) is 6.35. The van der Waals surface area contributed by atoms with Crippen molar-refractivity contribution in [1.82, 2.24) is 4.90 Å². The van der Waals surface area contributed by atoms with E-state index < -0.39 is 5.82 Å². The highest BCUT2D eigenvalue weighted by Crippen LogP contribution is 2.20. The van der Waals surface area contributed by atoms with E-state index in [9.17, 15) is 9.50 Å². The van der Waals surface area contributed by atoms with Crippen LogP contribution >= 0.6 is 35.6 Å². The van der Waals surface area contributed by atoms with Gasteiger partial charge in [0.25, 0.3) is 0 Å². The second kappa shape index (κ2) is 9.27. The molecule has 0 amide bonds. The van der Waals surface area contributed by atoms with Crippen LogP contribution in [0, 0.1) is 5.82 Å². The molecule has 1 aliphatic heterocycles. The highest BCUT2D eigenvalue weighted by Gasteiger charge is 2.18. The Labute approximate surface area is 174 Å². The molecule has 2 aromatic carbocycles. The van der Waals surface area contributed by atoms with Gasteiger partial charge in [0.15, 0.2) is 17.5 Å². The van der Waals surface area contributed by atoms with Crippen molar-refractivity contribution in [2.75, 3.05) is 31.1 Å². The summed E-state index contributed by atoms with van der Waals surface area (Å²) in [7, 11) is 0. The van der Waals surface area contributed by atoms with Crippen LogP contribution in [-0.4, -0.2) is 42.1 Å². The van der Waals surface area contributed by atoms with Crippen LogP contribution in [0.4, 0.5) is 10.1 Å². The van der Waals surface area contributed by atoms with Gasteiger partial charge >= 0.3 is 0 Å². The van der Waals surface area contributed by atoms with Crippen LogP contribution < -0.4 is 10.6 Å². The normalized spacial score (nSPS) is 14.9. The maximum atomic E-state index is 13.3. The number of nitrogens with two attached hydrogens (primary N) is 1. The zero-order chi connectivity index (χ0) is 17.8. The monoisotopic (exact) mass is 490 g/mol. The molecule has 1 heterocycles. The van der Waals surface area contributed by atoms with E-state index >= 15 is 0 Å². The number of rotatable bonds is 3. The molecule has 0 spiro atoms. The number of piperazine rings is 1. The molecule has 1 aliphatic rings. The Kier molecular flexibility index (Phi) is 7.33. The van der Waals surface area contributed by atoms with Gasteiger partial charge < -0.3 is 20.6 Å². The van der Waals surface area contributed by atoms with E-state index in [1.54, 1.807) is 6.07 Å². The molecule has 0 aromatic heterocycles. The van der Waals surface area contributed by atoms with Crippen molar-refractivity contribution in [1.29, 1.82) is 0 Å². The summed E-state index contributed by atoms with van der Waals surface area (Å²) >= 11 is 5.92. The first-order valence-corrected chi connectivity index (χ1v) is 8.43. The summed E-state index contributed by atoms with van der Waals surface area (Å²) in [6.45, 7) is 3.49. The Morgan fingerprint density at radius 3 is 2.38 bits per heavy atom. The molecule has 1 saturated heterocycles. The number of phenolic OH excluding ortho intramolecular Hbond substituents is 1. The molecule has 26 heavy (non-hydrogen) atoms. The lowest BCUT2D eigenvalue weighted by molar-refractivity contribution is 0.380. The predicted octanol–water partition coefficient (Wildman–Crippen LogP) is 3.44. The number of phenols is 1. The van der Waals surface area contributed by atoms with Gasteiger partial charge in [0.1, 0.15) is 0 Å². The van der Waals surface area contributed by atoms with E-state index in [1.165, 1.54) is 12.1 Å². The highest BCUT2D eigenvalue weighted by molar-refractivity contribution is 14.0. The molecule has 3 rings (SSSR count). The molecule has 0 saturated carbocycles. The zero-order valence-electron chi connectivity index (χ0n) is 14.1.